The van der Waals surface area contributed by atoms with Gasteiger partial charge in [-0.05, 0) is 55.7 Å². The van der Waals surface area contributed by atoms with Gasteiger partial charge in [0.15, 0.2) is 0 Å². The van der Waals surface area contributed by atoms with Gasteiger partial charge in [-0.15, -0.1) is 0 Å². The number of hydrogen-bond donors (Lipinski definition) is 1. The molecule has 1 fully saturated rings. The van der Waals surface area contributed by atoms with Crippen molar-refractivity contribution in [1.82, 2.24) is 0 Å². The number of rotatable bonds is 9. The van der Waals surface area contributed by atoms with Crippen molar-refractivity contribution in [2.45, 2.75) is 57.8 Å². The summed E-state index contributed by atoms with van der Waals surface area (Å²) in [5, 5.41) is 9.15. The van der Waals surface area contributed by atoms with Gasteiger partial charge < -0.3 is 5.11 Å². The average Bonchev–Trinajstić information content (AvgIpc) is 3.01. The van der Waals surface area contributed by atoms with Crippen LogP contribution in [0.4, 0.5) is 0 Å². The lowest BCUT2D eigenvalue weighted by Crippen LogP contribution is -2.30. The molecule has 0 bridgehead atoms. The Morgan fingerprint density at radius 3 is 2.35 bits per heavy atom. The van der Waals surface area contributed by atoms with Crippen LogP contribution in [-0.4, -0.2) is 16.3 Å². The number of aryl methyl sites for hydroxylation is 1. The van der Waals surface area contributed by atoms with Crippen LogP contribution in [0.2, 0.25) is 0 Å². The van der Waals surface area contributed by atoms with Crippen LogP contribution in [0.3, 0.4) is 0 Å². The van der Waals surface area contributed by atoms with E-state index in [1.165, 1.54) is 5.56 Å². The van der Waals surface area contributed by atoms with Crippen molar-refractivity contribution >= 4 is 22.8 Å². The molecule has 1 aliphatic carbocycles. The van der Waals surface area contributed by atoms with Crippen LogP contribution in [0.1, 0.15) is 56.9 Å². The van der Waals surface area contributed by atoms with Gasteiger partial charge in [-0.2, -0.15) is 0 Å². The largest absolute Gasteiger partial charge is 0.481 e. The van der Waals surface area contributed by atoms with Crippen molar-refractivity contribution in [2.24, 2.45) is 11.3 Å². The quantitative estimate of drug-likeness (QED) is 0.519. The third-order valence-corrected chi connectivity index (χ3v) is 5.48. The van der Waals surface area contributed by atoms with Gasteiger partial charge in [-0.25, -0.2) is 0 Å². The highest BCUT2D eigenvalue weighted by Crippen LogP contribution is 2.45. The van der Waals surface area contributed by atoms with Crippen LogP contribution in [0.15, 0.2) is 30.3 Å². The molecule has 0 spiro atoms. The fraction of sp³-hybridized carbons (Fsp3) is 0.579. The summed E-state index contributed by atoms with van der Waals surface area (Å²) in [5.74, 6) is -1.26. The fourth-order valence-corrected chi connectivity index (χ4v) is 3.95. The van der Waals surface area contributed by atoms with E-state index in [-0.39, 0.29) is 5.24 Å². The number of halogens is 1. The lowest BCUT2D eigenvalue weighted by Gasteiger charge is -2.27. The minimum Gasteiger partial charge on any atom is -0.481 e. The minimum atomic E-state index is -0.797. The standard InChI is InChI=1S/C19H25ClO3/c20-18(23)19(12-6-7-13-19)14-16(17(21)22)11-5-4-10-15-8-2-1-3-9-15/h1-3,8-9,16H,4-7,10-14H2,(H,21,22). The van der Waals surface area contributed by atoms with E-state index in [0.29, 0.717) is 12.8 Å². The Bertz CT molecular complexity index is 521. The number of carboxylic acid groups (broad SMARTS) is 1. The lowest BCUT2D eigenvalue weighted by atomic mass is 9.77. The zero-order valence-electron chi connectivity index (χ0n) is 13.5. The molecular formula is C19H25ClO3. The van der Waals surface area contributed by atoms with Gasteiger partial charge in [0.2, 0.25) is 5.24 Å². The monoisotopic (exact) mass is 336 g/mol. The van der Waals surface area contributed by atoms with Gasteiger partial charge in [0.1, 0.15) is 0 Å². The zero-order chi connectivity index (χ0) is 16.7. The number of benzene rings is 1. The molecule has 0 radical (unpaired) electrons. The number of unbranched alkanes of at least 4 members (excludes halogenated alkanes) is 1. The van der Waals surface area contributed by atoms with Crippen LogP contribution in [-0.2, 0) is 16.0 Å². The van der Waals surface area contributed by atoms with Gasteiger partial charge in [0, 0.05) is 5.41 Å². The van der Waals surface area contributed by atoms with E-state index in [4.69, 9.17) is 11.6 Å². The van der Waals surface area contributed by atoms with Crippen molar-refractivity contribution in [2.75, 3.05) is 0 Å². The fourth-order valence-electron chi connectivity index (χ4n) is 3.68. The molecule has 1 N–H and O–H groups in total. The molecule has 3 nitrogen and oxygen atoms in total. The second-order valence-electron chi connectivity index (χ2n) is 6.73. The number of carbonyl (C=O) groups is 2. The molecule has 126 valence electrons. The van der Waals surface area contributed by atoms with E-state index < -0.39 is 17.3 Å². The summed E-state index contributed by atoms with van der Waals surface area (Å²) in [6.45, 7) is 0. The Morgan fingerprint density at radius 2 is 1.78 bits per heavy atom. The van der Waals surface area contributed by atoms with Crippen molar-refractivity contribution in [3.05, 3.63) is 35.9 Å². The maximum atomic E-state index is 11.8. The Labute approximate surface area is 143 Å². The SMILES string of the molecule is O=C(O)C(CCCCc1ccccc1)CC1(C(=O)Cl)CCCC1. The number of hydrogen-bond acceptors (Lipinski definition) is 2. The second kappa shape index (κ2) is 8.49. The first-order chi connectivity index (χ1) is 11.0. The summed E-state index contributed by atoms with van der Waals surface area (Å²) in [6.07, 6.45) is 7.23. The number of carboxylic acids is 1. The van der Waals surface area contributed by atoms with Gasteiger partial charge in [0.05, 0.1) is 5.92 Å². The maximum absolute atomic E-state index is 11.8. The van der Waals surface area contributed by atoms with E-state index in [1.54, 1.807) is 0 Å². The predicted molar refractivity (Wildman–Crippen MR) is 91.5 cm³/mol. The van der Waals surface area contributed by atoms with Crippen molar-refractivity contribution < 1.29 is 14.7 Å². The van der Waals surface area contributed by atoms with Crippen LogP contribution < -0.4 is 0 Å². The molecule has 23 heavy (non-hydrogen) atoms. The molecule has 1 atom stereocenters. The van der Waals surface area contributed by atoms with Crippen molar-refractivity contribution in [3.8, 4) is 0 Å². The average molecular weight is 337 g/mol. The molecule has 1 aliphatic rings. The predicted octanol–water partition coefficient (Wildman–Crippen LogP) is 4.82. The third kappa shape index (κ3) is 5.07. The van der Waals surface area contributed by atoms with Crippen molar-refractivity contribution in [3.63, 3.8) is 0 Å². The smallest absolute Gasteiger partial charge is 0.306 e. The summed E-state index contributed by atoms with van der Waals surface area (Å²) in [6, 6.07) is 10.2. The molecule has 1 saturated carbocycles. The number of carbonyl (C=O) groups excluding carboxylic acids is 1. The normalized spacial score (nSPS) is 17.8. The van der Waals surface area contributed by atoms with Gasteiger partial charge in [-0.1, -0.05) is 49.6 Å². The highest BCUT2D eigenvalue weighted by atomic mass is 35.5. The van der Waals surface area contributed by atoms with E-state index in [0.717, 1.165) is 44.9 Å². The van der Waals surface area contributed by atoms with Gasteiger partial charge >= 0.3 is 5.97 Å². The third-order valence-electron chi connectivity index (χ3n) is 5.07. The molecule has 0 aliphatic heterocycles. The van der Waals surface area contributed by atoms with Gasteiger partial charge in [-0.3, -0.25) is 9.59 Å². The molecular weight excluding hydrogens is 312 g/mol. The van der Waals surface area contributed by atoms with Crippen LogP contribution >= 0.6 is 11.6 Å². The van der Waals surface area contributed by atoms with E-state index in [1.807, 2.05) is 18.2 Å². The Hall–Kier alpha value is -1.35. The molecule has 0 heterocycles. The minimum absolute atomic E-state index is 0.342. The van der Waals surface area contributed by atoms with Crippen molar-refractivity contribution in [1.29, 1.82) is 0 Å². The van der Waals surface area contributed by atoms with Crippen LogP contribution in [0.25, 0.3) is 0 Å². The molecule has 1 aromatic rings. The maximum Gasteiger partial charge on any atom is 0.306 e. The van der Waals surface area contributed by atoms with E-state index >= 15 is 0 Å². The molecule has 0 saturated heterocycles. The van der Waals surface area contributed by atoms with Gasteiger partial charge in [0.25, 0.3) is 0 Å². The molecule has 1 aromatic carbocycles. The summed E-state index contributed by atoms with van der Waals surface area (Å²) < 4.78 is 0. The first kappa shape index (κ1) is 18.0. The second-order valence-corrected chi connectivity index (χ2v) is 7.08. The summed E-state index contributed by atoms with van der Waals surface area (Å²) in [4.78, 5) is 23.4. The Balaban J connectivity index is 1.84. The van der Waals surface area contributed by atoms with Crippen LogP contribution in [0.5, 0.6) is 0 Å². The molecule has 1 unspecified atom stereocenters. The first-order valence-electron chi connectivity index (χ1n) is 8.50. The number of aliphatic carboxylic acids is 1. The zero-order valence-corrected chi connectivity index (χ0v) is 14.2. The van der Waals surface area contributed by atoms with E-state index in [9.17, 15) is 14.7 Å². The Kier molecular flexibility index (Phi) is 6.64. The highest BCUT2D eigenvalue weighted by Gasteiger charge is 2.42. The topological polar surface area (TPSA) is 54.4 Å². The van der Waals surface area contributed by atoms with Crippen LogP contribution in [0, 0.1) is 11.3 Å². The summed E-state index contributed by atoms with van der Waals surface area (Å²) in [7, 11) is 0. The summed E-state index contributed by atoms with van der Waals surface area (Å²) in [5.41, 5.74) is 0.687. The van der Waals surface area contributed by atoms with E-state index in [2.05, 4.69) is 12.1 Å². The molecule has 4 heteroatoms. The molecule has 2 rings (SSSR count). The molecule has 0 amide bonds. The summed E-state index contributed by atoms with van der Waals surface area (Å²) >= 11 is 5.80. The lowest BCUT2D eigenvalue weighted by molar-refractivity contribution is -0.143. The molecule has 0 aromatic heterocycles. The highest BCUT2D eigenvalue weighted by molar-refractivity contribution is 6.64. The Morgan fingerprint density at radius 1 is 1.13 bits per heavy atom. The first-order valence-corrected chi connectivity index (χ1v) is 8.88.